The van der Waals surface area contributed by atoms with Crippen molar-refractivity contribution in [3.8, 4) is 0 Å². The summed E-state index contributed by atoms with van der Waals surface area (Å²) in [5.74, 6) is -1.46. The zero-order chi connectivity index (χ0) is 20.8. The molecule has 1 aliphatic rings. The molecule has 0 saturated carbocycles. The fourth-order valence-corrected chi connectivity index (χ4v) is 3.42. The monoisotopic (exact) mass is 389 g/mol. The summed E-state index contributed by atoms with van der Waals surface area (Å²) in [6, 6.07) is 8.01. The normalized spacial score (nSPS) is 16.6. The van der Waals surface area contributed by atoms with Gasteiger partial charge in [0.25, 0.3) is 5.91 Å². The van der Waals surface area contributed by atoms with Crippen LogP contribution in [0, 0.1) is 5.92 Å². The molecule has 1 aliphatic heterocycles. The molecule has 1 fully saturated rings. The van der Waals surface area contributed by atoms with Crippen molar-refractivity contribution < 1.29 is 19.1 Å². The molecule has 28 heavy (non-hydrogen) atoms. The van der Waals surface area contributed by atoms with Crippen LogP contribution in [-0.4, -0.2) is 54.5 Å². The van der Waals surface area contributed by atoms with E-state index in [-0.39, 0.29) is 25.0 Å². The molecule has 7 heteroatoms. The van der Waals surface area contributed by atoms with Crippen molar-refractivity contribution in [1.29, 1.82) is 0 Å². The Hall–Kier alpha value is -2.57. The van der Waals surface area contributed by atoms with Gasteiger partial charge in [0, 0.05) is 43.0 Å². The van der Waals surface area contributed by atoms with Gasteiger partial charge in [0.05, 0.1) is 5.92 Å². The Labute approximate surface area is 167 Å². The van der Waals surface area contributed by atoms with Crippen molar-refractivity contribution in [2.75, 3.05) is 29.9 Å². The number of rotatable bonds is 8. The minimum atomic E-state index is -0.502. The Kier molecular flexibility index (Phi) is 7.43. The molecule has 2 amide bonds. The van der Waals surface area contributed by atoms with Crippen LogP contribution in [0.25, 0.3) is 0 Å². The SMILES string of the molecule is CCN(c1ccc(NC(=O)COC(=O)C2CC(=O)N(C(C)C)C2)cc1)C(C)C. The first kappa shape index (κ1) is 21.7. The largest absolute Gasteiger partial charge is 0.455 e. The molecule has 0 aromatic heterocycles. The van der Waals surface area contributed by atoms with Gasteiger partial charge in [-0.25, -0.2) is 0 Å². The van der Waals surface area contributed by atoms with Crippen molar-refractivity contribution in [3.63, 3.8) is 0 Å². The molecule has 1 aromatic rings. The van der Waals surface area contributed by atoms with E-state index in [1.165, 1.54) is 0 Å². The highest BCUT2D eigenvalue weighted by molar-refractivity contribution is 5.93. The summed E-state index contributed by atoms with van der Waals surface area (Å²) in [6.45, 7) is 11.1. The highest BCUT2D eigenvalue weighted by Crippen LogP contribution is 2.22. The zero-order valence-corrected chi connectivity index (χ0v) is 17.4. The highest BCUT2D eigenvalue weighted by Gasteiger charge is 2.36. The molecule has 1 unspecified atom stereocenters. The van der Waals surface area contributed by atoms with Crippen LogP contribution in [0.4, 0.5) is 11.4 Å². The van der Waals surface area contributed by atoms with Gasteiger partial charge in [0.15, 0.2) is 6.61 Å². The summed E-state index contributed by atoms with van der Waals surface area (Å²) >= 11 is 0. The molecule has 1 heterocycles. The lowest BCUT2D eigenvalue weighted by molar-refractivity contribution is -0.151. The number of carbonyl (C=O) groups is 3. The van der Waals surface area contributed by atoms with E-state index in [1.54, 1.807) is 4.90 Å². The van der Waals surface area contributed by atoms with Crippen LogP contribution in [0.1, 0.15) is 41.0 Å². The number of anilines is 2. The van der Waals surface area contributed by atoms with E-state index in [4.69, 9.17) is 4.74 Å². The smallest absolute Gasteiger partial charge is 0.311 e. The summed E-state index contributed by atoms with van der Waals surface area (Å²) in [5, 5.41) is 2.73. The Balaban J connectivity index is 1.82. The molecule has 2 rings (SSSR count). The van der Waals surface area contributed by atoms with E-state index in [2.05, 4.69) is 31.0 Å². The third-order valence-electron chi connectivity index (χ3n) is 4.91. The number of benzene rings is 1. The molecule has 1 saturated heterocycles. The average Bonchev–Trinajstić information content (AvgIpc) is 3.03. The standard InChI is InChI=1S/C21H31N3O4/c1-6-23(14(2)3)18-9-7-17(8-10-18)22-19(25)13-28-21(27)16-11-20(26)24(12-16)15(4)5/h7-10,14-16H,6,11-13H2,1-5H3,(H,22,25). The first-order valence-electron chi connectivity index (χ1n) is 9.85. The lowest BCUT2D eigenvalue weighted by atomic mass is 10.1. The fourth-order valence-electron chi connectivity index (χ4n) is 3.42. The van der Waals surface area contributed by atoms with Crippen molar-refractivity contribution in [2.45, 2.75) is 53.1 Å². The van der Waals surface area contributed by atoms with Crippen molar-refractivity contribution >= 4 is 29.2 Å². The first-order valence-corrected chi connectivity index (χ1v) is 9.85. The van der Waals surface area contributed by atoms with Gasteiger partial charge in [-0.3, -0.25) is 14.4 Å². The number of carbonyl (C=O) groups excluding carboxylic acids is 3. The maximum absolute atomic E-state index is 12.1. The van der Waals surface area contributed by atoms with Gasteiger partial charge in [0.1, 0.15) is 0 Å². The van der Waals surface area contributed by atoms with Crippen molar-refractivity contribution in [2.24, 2.45) is 5.92 Å². The molecule has 1 aromatic carbocycles. The maximum atomic E-state index is 12.1. The summed E-state index contributed by atoms with van der Waals surface area (Å²) in [7, 11) is 0. The molecule has 0 spiro atoms. The topological polar surface area (TPSA) is 79.0 Å². The van der Waals surface area contributed by atoms with E-state index in [1.807, 2.05) is 38.1 Å². The van der Waals surface area contributed by atoms with Crippen LogP contribution in [0.3, 0.4) is 0 Å². The second-order valence-electron chi connectivity index (χ2n) is 7.62. The minimum Gasteiger partial charge on any atom is -0.455 e. The molecule has 0 radical (unpaired) electrons. The van der Waals surface area contributed by atoms with Crippen LogP contribution in [0.15, 0.2) is 24.3 Å². The van der Waals surface area contributed by atoms with Crippen LogP contribution < -0.4 is 10.2 Å². The second-order valence-corrected chi connectivity index (χ2v) is 7.62. The molecule has 154 valence electrons. The van der Waals surface area contributed by atoms with E-state index in [9.17, 15) is 14.4 Å². The summed E-state index contributed by atoms with van der Waals surface area (Å²) in [6.07, 6.45) is 0.143. The molecule has 1 N–H and O–H groups in total. The van der Waals surface area contributed by atoms with Crippen LogP contribution in [0.2, 0.25) is 0 Å². The number of likely N-dealkylation sites (tertiary alicyclic amines) is 1. The Bertz CT molecular complexity index is 700. The predicted molar refractivity (Wildman–Crippen MR) is 109 cm³/mol. The third-order valence-corrected chi connectivity index (χ3v) is 4.91. The Morgan fingerprint density at radius 1 is 1.21 bits per heavy atom. The molecule has 0 bridgehead atoms. The molecular weight excluding hydrogens is 358 g/mol. The van der Waals surface area contributed by atoms with E-state index in [0.717, 1.165) is 12.2 Å². The summed E-state index contributed by atoms with van der Waals surface area (Å²) in [4.78, 5) is 40.0. The number of nitrogens with one attached hydrogen (secondary N) is 1. The Morgan fingerprint density at radius 3 is 2.36 bits per heavy atom. The van der Waals surface area contributed by atoms with Gasteiger partial charge in [-0.15, -0.1) is 0 Å². The van der Waals surface area contributed by atoms with E-state index >= 15 is 0 Å². The minimum absolute atomic E-state index is 0.0518. The van der Waals surface area contributed by atoms with E-state index < -0.39 is 17.8 Å². The average molecular weight is 389 g/mol. The number of hydrogen-bond donors (Lipinski definition) is 1. The third kappa shape index (κ3) is 5.47. The van der Waals surface area contributed by atoms with Crippen LogP contribution >= 0.6 is 0 Å². The molecule has 0 aliphatic carbocycles. The number of amides is 2. The second kappa shape index (κ2) is 9.57. The van der Waals surface area contributed by atoms with Crippen LogP contribution in [0.5, 0.6) is 0 Å². The lowest BCUT2D eigenvalue weighted by Gasteiger charge is -2.27. The molecule has 1 atom stereocenters. The molecule has 7 nitrogen and oxygen atoms in total. The molecular formula is C21H31N3O4. The number of hydrogen-bond acceptors (Lipinski definition) is 5. The zero-order valence-electron chi connectivity index (χ0n) is 17.4. The predicted octanol–water partition coefficient (Wildman–Crippen LogP) is 2.66. The number of esters is 1. The quantitative estimate of drug-likeness (QED) is 0.692. The van der Waals surface area contributed by atoms with Gasteiger partial charge in [-0.05, 0) is 58.9 Å². The number of nitrogens with zero attached hydrogens (tertiary/aromatic N) is 2. The Morgan fingerprint density at radius 2 is 1.86 bits per heavy atom. The first-order chi connectivity index (χ1) is 13.2. The highest BCUT2D eigenvalue weighted by atomic mass is 16.5. The summed E-state index contributed by atoms with van der Waals surface area (Å²) in [5.41, 5.74) is 1.73. The van der Waals surface area contributed by atoms with Crippen molar-refractivity contribution in [3.05, 3.63) is 24.3 Å². The lowest BCUT2D eigenvalue weighted by Crippen LogP contribution is -2.33. The van der Waals surface area contributed by atoms with Gasteiger partial charge < -0.3 is 19.9 Å². The summed E-state index contributed by atoms with van der Waals surface area (Å²) < 4.78 is 5.11. The maximum Gasteiger partial charge on any atom is 0.311 e. The van der Waals surface area contributed by atoms with Crippen LogP contribution in [-0.2, 0) is 19.1 Å². The number of ether oxygens (including phenoxy) is 1. The van der Waals surface area contributed by atoms with Gasteiger partial charge >= 0.3 is 5.97 Å². The van der Waals surface area contributed by atoms with Gasteiger partial charge in [-0.1, -0.05) is 0 Å². The van der Waals surface area contributed by atoms with Gasteiger partial charge in [0.2, 0.25) is 5.91 Å². The fraction of sp³-hybridized carbons (Fsp3) is 0.571. The van der Waals surface area contributed by atoms with E-state index in [0.29, 0.717) is 18.3 Å². The van der Waals surface area contributed by atoms with Crippen molar-refractivity contribution in [1.82, 2.24) is 4.90 Å². The van der Waals surface area contributed by atoms with Gasteiger partial charge in [-0.2, -0.15) is 0 Å².